The third-order valence-electron chi connectivity index (χ3n) is 3.50. The fourth-order valence-corrected chi connectivity index (χ4v) is 2.67. The molecular weight excluding hydrogens is 344 g/mol. The summed E-state index contributed by atoms with van der Waals surface area (Å²) in [4.78, 5) is 4.29. The Morgan fingerprint density at radius 1 is 1.04 bits per heavy atom. The van der Waals surface area contributed by atoms with E-state index in [2.05, 4.69) is 4.98 Å². The fraction of sp³-hybridized carbons (Fsp3) is 0.0625. The molecule has 2 aromatic carbocycles. The largest absolute Gasteiger partial charge is 0.497 e. The number of anilines is 1. The molecule has 0 aliphatic carbocycles. The lowest BCUT2D eigenvalue weighted by atomic mass is 10.2. The summed E-state index contributed by atoms with van der Waals surface area (Å²) in [6, 6.07) is 13.4. The number of hydrazine groups is 1. The van der Waals surface area contributed by atoms with Gasteiger partial charge in [-0.3, -0.25) is 4.98 Å². The quantitative estimate of drug-likeness (QED) is 0.530. The Kier molecular flexibility index (Phi) is 4.45. The highest BCUT2D eigenvalue weighted by atomic mass is 32.2. The van der Waals surface area contributed by atoms with Gasteiger partial charge in [0.05, 0.1) is 18.3 Å². The molecule has 4 N–H and O–H groups in total. The maximum atomic E-state index is 11.2. The van der Waals surface area contributed by atoms with Crippen LogP contribution in [0.4, 0.5) is 5.69 Å². The summed E-state index contributed by atoms with van der Waals surface area (Å²) in [7, 11) is -2.42. The first-order valence-corrected chi connectivity index (χ1v) is 8.67. The van der Waals surface area contributed by atoms with Crippen LogP contribution in [0.25, 0.3) is 10.9 Å². The molecule has 9 heteroatoms. The van der Waals surface area contributed by atoms with Gasteiger partial charge in [0.15, 0.2) is 0 Å². The number of ether oxygens (including phenoxy) is 2. The molecule has 0 fully saturated rings. The van der Waals surface area contributed by atoms with Crippen molar-refractivity contribution in [3.8, 4) is 17.2 Å². The Morgan fingerprint density at radius 2 is 1.72 bits per heavy atom. The number of hydrogen-bond donors (Lipinski definition) is 2. The van der Waals surface area contributed by atoms with Crippen molar-refractivity contribution < 1.29 is 17.9 Å². The zero-order chi connectivity index (χ0) is 18.0. The van der Waals surface area contributed by atoms with Crippen molar-refractivity contribution >= 4 is 26.8 Å². The molecule has 130 valence electrons. The SMILES string of the molecule is COc1ccc2c(Oc3ccc(N(N)S(N)(=O)=O)cc3)ccnc2c1. The standard InChI is InChI=1S/C16H16N4O4S/c1-23-13-6-7-14-15(10-13)19-9-8-16(14)24-12-4-2-11(3-5-12)20(17)25(18,21)22/h2-10H,17H2,1H3,(H2,18,21,22). The van der Waals surface area contributed by atoms with Crippen LogP contribution in [0.1, 0.15) is 0 Å². The summed E-state index contributed by atoms with van der Waals surface area (Å²) in [5, 5.41) is 5.80. The Balaban J connectivity index is 1.89. The Labute approximate surface area is 144 Å². The molecule has 0 atom stereocenters. The molecule has 0 saturated heterocycles. The van der Waals surface area contributed by atoms with Crippen LogP contribution in [0, 0.1) is 0 Å². The van der Waals surface area contributed by atoms with E-state index in [4.69, 9.17) is 20.5 Å². The number of aromatic nitrogens is 1. The molecule has 1 aromatic heterocycles. The van der Waals surface area contributed by atoms with Gasteiger partial charge in [-0.1, -0.05) is 0 Å². The number of nitrogens with two attached hydrogens (primary N) is 2. The van der Waals surface area contributed by atoms with E-state index in [-0.39, 0.29) is 5.69 Å². The lowest BCUT2D eigenvalue weighted by Crippen LogP contribution is -2.42. The summed E-state index contributed by atoms with van der Waals surface area (Å²) in [6.07, 6.45) is 1.63. The lowest BCUT2D eigenvalue weighted by molar-refractivity contribution is 0.415. The van der Waals surface area contributed by atoms with Gasteiger partial charge in [0.1, 0.15) is 17.2 Å². The van der Waals surface area contributed by atoms with E-state index in [1.165, 1.54) is 12.1 Å². The zero-order valence-corrected chi connectivity index (χ0v) is 14.1. The van der Waals surface area contributed by atoms with E-state index >= 15 is 0 Å². The summed E-state index contributed by atoms with van der Waals surface area (Å²) >= 11 is 0. The molecule has 3 rings (SSSR count). The first-order chi connectivity index (χ1) is 11.9. The molecule has 0 bridgehead atoms. The van der Waals surface area contributed by atoms with Crippen LogP contribution in [0.5, 0.6) is 17.2 Å². The molecule has 1 heterocycles. The third kappa shape index (κ3) is 3.63. The van der Waals surface area contributed by atoms with Crippen molar-refractivity contribution in [2.45, 2.75) is 0 Å². The van der Waals surface area contributed by atoms with Crippen molar-refractivity contribution in [2.75, 3.05) is 11.5 Å². The van der Waals surface area contributed by atoms with E-state index in [9.17, 15) is 8.42 Å². The van der Waals surface area contributed by atoms with Crippen molar-refractivity contribution in [1.82, 2.24) is 4.98 Å². The number of benzene rings is 2. The first kappa shape index (κ1) is 17.0. The minimum atomic E-state index is -4.01. The lowest BCUT2D eigenvalue weighted by Gasteiger charge is -2.15. The van der Waals surface area contributed by atoms with E-state index in [1.54, 1.807) is 31.5 Å². The number of rotatable bonds is 5. The van der Waals surface area contributed by atoms with Crippen molar-refractivity contribution in [3.63, 3.8) is 0 Å². The second-order valence-electron chi connectivity index (χ2n) is 5.13. The van der Waals surface area contributed by atoms with Gasteiger partial charge in [0.2, 0.25) is 0 Å². The van der Waals surface area contributed by atoms with Crippen LogP contribution in [0.15, 0.2) is 54.7 Å². The highest BCUT2D eigenvalue weighted by Gasteiger charge is 2.13. The summed E-state index contributed by atoms with van der Waals surface area (Å²) < 4.78 is 34.0. The maximum absolute atomic E-state index is 11.2. The normalized spacial score (nSPS) is 11.3. The predicted molar refractivity (Wildman–Crippen MR) is 94.6 cm³/mol. The molecular formula is C16H16N4O4S. The number of hydrogen-bond acceptors (Lipinski definition) is 6. The molecule has 0 saturated carbocycles. The number of pyridine rings is 1. The second kappa shape index (κ2) is 6.55. The van der Waals surface area contributed by atoms with Gasteiger partial charge in [-0.05, 0) is 42.5 Å². The van der Waals surface area contributed by atoms with Gasteiger partial charge < -0.3 is 9.47 Å². The Hall–Kier alpha value is -2.88. The molecule has 0 aliphatic heterocycles. The molecule has 3 aromatic rings. The van der Waals surface area contributed by atoms with E-state index < -0.39 is 10.2 Å². The van der Waals surface area contributed by atoms with Crippen LogP contribution in [0.3, 0.4) is 0 Å². The summed E-state index contributed by atoms with van der Waals surface area (Å²) in [5.74, 6) is 7.25. The van der Waals surface area contributed by atoms with Crippen molar-refractivity contribution in [3.05, 3.63) is 54.7 Å². The van der Waals surface area contributed by atoms with Gasteiger partial charge in [0, 0.05) is 17.6 Å². The van der Waals surface area contributed by atoms with Crippen LogP contribution >= 0.6 is 0 Å². The van der Waals surface area contributed by atoms with E-state index in [0.29, 0.717) is 21.7 Å². The number of methoxy groups -OCH3 is 1. The minimum Gasteiger partial charge on any atom is -0.497 e. The first-order valence-electron chi connectivity index (χ1n) is 7.17. The van der Waals surface area contributed by atoms with Gasteiger partial charge in [0.25, 0.3) is 0 Å². The predicted octanol–water partition coefficient (Wildman–Crippen LogP) is 1.92. The van der Waals surface area contributed by atoms with Gasteiger partial charge in [-0.2, -0.15) is 12.8 Å². The smallest absolute Gasteiger partial charge is 0.312 e. The minimum absolute atomic E-state index is 0.221. The number of nitrogens with zero attached hydrogens (tertiary/aromatic N) is 2. The van der Waals surface area contributed by atoms with Crippen LogP contribution in [-0.4, -0.2) is 20.5 Å². The molecule has 8 nitrogen and oxygen atoms in total. The molecule has 0 unspecified atom stereocenters. The van der Waals surface area contributed by atoms with Crippen LogP contribution in [-0.2, 0) is 10.2 Å². The average Bonchev–Trinajstić information content (AvgIpc) is 2.60. The second-order valence-corrected chi connectivity index (χ2v) is 6.55. The Morgan fingerprint density at radius 3 is 2.36 bits per heavy atom. The van der Waals surface area contributed by atoms with Crippen molar-refractivity contribution in [2.24, 2.45) is 11.0 Å². The highest BCUT2D eigenvalue weighted by molar-refractivity contribution is 7.90. The molecule has 25 heavy (non-hydrogen) atoms. The maximum Gasteiger partial charge on any atom is 0.312 e. The Bertz CT molecular complexity index is 1010. The monoisotopic (exact) mass is 360 g/mol. The molecule has 0 amide bonds. The zero-order valence-electron chi connectivity index (χ0n) is 13.3. The number of fused-ring (bicyclic) bond motifs is 1. The van der Waals surface area contributed by atoms with E-state index in [1.807, 2.05) is 18.2 Å². The fourth-order valence-electron chi connectivity index (χ4n) is 2.25. The third-order valence-corrected chi connectivity index (χ3v) is 4.26. The summed E-state index contributed by atoms with van der Waals surface area (Å²) in [5.41, 5.74) is 0.954. The van der Waals surface area contributed by atoms with E-state index in [0.717, 1.165) is 10.9 Å². The molecule has 0 radical (unpaired) electrons. The van der Waals surface area contributed by atoms with Crippen LogP contribution in [0.2, 0.25) is 0 Å². The summed E-state index contributed by atoms with van der Waals surface area (Å²) in [6.45, 7) is 0. The topological polar surface area (TPSA) is 121 Å². The molecule has 0 aliphatic rings. The molecule has 0 spiro atoms. The van der Waals surface area contributed by atoms with Gasteiger partial charge >= 0.3 is 10.2 Å². The van der Waals surface area contributed by atoms with Crippen molar-refractivity contribution in [1.29, 1.82) is 0 Å². The van der Waals surface area contributed by atoms with Crippen LogP contribution < -0.4 is 24.9 Å². The average molecular weight is 360 g/mol. The van der Waals surface area contributed by atoms with Gasteiger partial charge in [-0.25, -0.2) is 11.0 Å². The highest BCUT2D eigenvalue weighted by Crippen LogP contribution is 2.31. The van der Waals surface area contributed by atoms with Gasteiger partial charge in [-0.15, -0.1) is 0 Å².